The molecule has 3 nitrogen and oxygen atoms in total. The first-order chi connectivity index (χ1) is 5.47. The Morgan fingerprint density at radius 1 is 1.00 bits per heavy atom. The van der Waals surface area contributed by atoms with Crippen LogP contribution in [0, 0.1) is 0 Å². The van der Waals surface area contributed by atoms with E-state index in [0.717, 1.165) is 11.3 Å². The lowest BCUT2D eigenvalue weighted by Gasteiger charge is -1.92. The molecule has 70 valence electrons. The van der Waals surface area contributed by atoms with Crippen LogP contribution in [0.1, 0.15) is 0 Å². The van der Waals surface area contributed by atoms with Gasteiger partial charge in [0.05, 0.1) is 18.2 Å². The predicted molar refractivity (Wildman–Crippen MR) is 56.3 cm³/mol. The lowest BCUT2D eigenvalue weighted by Crippen LogP contribution is -1.76. The molecule has 0 aromatic carbocycles. The van der Waals surface area contributed by atoms with Gasteiger partial charge in [0.2, 0.25) is 0 Å². The van der Waals surface area contributed by atoms with Crippen LogP contribution in [-0.2, 0) is 0 Å². The number of aromatic amines is 1. The SMILES string of the molecule is Cl.Cl.c1cc(-c2cnc[nH]2)ccn1. The van der Waals surface area contributed by atoms with E-state index in [-0.39, 0.29) is 24.8 Å². The third kappa shape index (κ3) is 2.72. The van der Waals surface area contributed by atoms with Crippen LogP contribution in [-0.4, -0.2) is 15.0 Å². The summed E-state index contributed by atoms with van der Waals surface area (Å²) in [5, 5.41) is 0. The van der Waals surface area contributed by atoms with Gasteiger partial charge in [-0.3, -0.25) is 4.98 Å². The third-order valence-corrected chi connectivity index (χ3v) is 1.49. The Labute approximate surface area is 88.4 Å². The first-order valence-electron chi connectivity index (χ1n) is 3.35. The van der Waals surface area contributed by atoms with Gasteiger partial charge in [-0.05, 0) is 12.1 Å². The van der Waals surface area contributed by atoms with Crippen molar-refractivity contribution in [2.75, 3.05) is 0 Å². The van der Waals surface area contributed by atoms with Crippen molar-refractivity contribution in [2.45, 2.75) is 0 Å². The number of H-pyrrole nitrogens is 1. The Morgan fingerprint density at radius 3 is 2.23 bits per heavy atom. The highest BCUT2D eigenvalue weighted by Gasteiger charge is 1.94. The molecule has 0 spiro atoms. The number of halogens is 2. The van der Waals surface area contributed by atoms with Crippen LogP contribution in [0.4, 0.5) is 0 Å². The molecule has 13 heavy (non-hydrogen) atoms. The molecule has 0 radical (unpaired) electrons. The molecular weight excluding hydrogens is 209 g/mol. The van der Waals surface area contributed by atoms with Crippen molar-refractivity contribution in [3.8, 4) is 11.3 Å². The maximum absolute atomic E-state index is 3.92. The van der Waals surface area contributed by atoms with Crippen molar-refractivity contribution in [1.82, 2.24) is 15.0 Å². The number of aromatic nitrogens is 3. The van der Waals surface area contributed by atoms with Crippen LogP contribution in [0.3, 0.4) is 0 Å². The summed E-state index contributed by atoms with van der Waals surface area (Å²) in [6.45, 7) is 0. The zero-order chi connectivity index (χ0) is 7.52. The van der Waals surface area contributed by atoms with E-state index in [9.17, 15) is 0 Å². The van der Waals surface area contributed by atoms with Crippen LogP contribution in [0.25, 0.3) is 11.3 Å². The second-order valence-corrected chi connectivity index (χ2v) is 2.20. The van der Waals surface area contributed by atoms with Crippen molar-refractivity contribution < 1.29 is 0 Å². The molecule has 2 aromatic rings. The van der Waals surface area contributed by atoms with Crippen molar-refractivity contribution in [3.05, 3.63) is 37.1 Å². The quantitative estimate of drug-likeness (QED) is 0.797. The fourth-order valence-corrected chi connectivity index (χ4v) is 0.945. The second-order valence-electron chi connectivity index (χ2n) is 2.20. The van der Waals surface area contributed by atoms with Gasteiger partial charge >= 0.3 is 0 Å². The van der Waals surface area contributed by atoms with E-state index < -0.39 is 0 Å². The Bertz CT molecular complexity index is 320. The molecule has 2 aromatic heterocycles. The molecule has 0 fully saturated rings. The molecule has 5 heteroatoms. The van der Waals surface area contributed by atoms with Gasteiger partial charge in [0.15, 0.2) is 0 Å². The molecule has 0 aliphatic heterocycles. The fraction of sp³-hybridized carbons (Fsp3) is 0. The van der Waals surface area contributed by atoms with Gasteiger partial charge in [0.25, 0.3) is 0 Å². The van der Waals surface area contributed by atoms with E-state index in [4.69, 9.17) is 0 Å². The highest BCUT2D eigenvalue weighted by molar-refractivity contribution is 5.85. The minimum absolute atomic E-state index is 0. The maximum atomic E-state index is 3.92. The van der Waals surface area contributed by atoms with Gasteiger partial charge < -0.3 is 4.98 Å². The Morgan fingerprint density at radius 2 is 1.69 bits per heavy atom. The van der Waals surface area contributed by atoms with Gasteiger partial charge in [-0.15, -0.1) is 24.8 Å². The first kappa shape index (κ1) is 11.9. The van der Waals surface area contributed by atoms with Crippen molar-refractivity contribution in [3.63, 3.8) is 0 Å². The largest absolute Gasteiger partial charge is 0.345 e. The summed E-state index contributed by atoms with van der Waals surface area (Å²) >= 11 is 0. The molecule has 0 amide bonds. The molecule has 0 saturated carbocycles. The zero-order valence-electron chi connectivity index (χ0n) is 6.68. The molecule has 0 bridgehead atoms. The summed E-state index contributed by atoms with van der Waals surface area (Å²) < 4.78 is 0. The van der Waals surface area contributed by atoms with Gasteiger partial charge in [0.1, 0.15) is 0 Å². The monoisotopic (exact) mass is 217 g/mol. The minimum atomic E-state index is 0. The van der Waals surface area contributed by atoms with Gasteiger partial charge in [-0.25, -0.2) is 4.98 Å². The average molecular weight is 218 g/mol. The summed E-state index contributed by atoms with van der Waals surface area (Å²) in [7, 11) is 0. The van der Waals surface area contributed by atoms with E-state index in [1.54, 1.807) is 24.9 Å². The Kier molecular flexibility index (Phi) is 5.11. The number of imidazole rings is 1. The number of pyridine rings is 1. The van der Waals surface area contributed by atoms with Crippen molar-refractivity contribution >= 4 is 24.8 Å². The van der Waals surface area contributed by atoms with Crippen LogP contribution in [0.5, 0.6) is 0 Å². The normalized spacial score (nSPS) is 8.31. The molecule has 2 heterocycles. The number of rotatable bonds is 1. The summed E-state index contributed by atoms with van der Waals surface area (Å²) in [4.78, 5) is 10.9. The highest BCUT2D eigenvalue weighted by atomic mass is 35.5. The maximum Gasteiger partial charge on any atom is 0.0924 e. The average Bonchev–Trinajstić information content (AvgIpc) is 2.58. The molecule has 1 N–H and O–H groups in total. The van der Waals surface area contributed by atoms with Crippen LogP contribution in [0.15, 0.2) is 37.1 Å². The van der Waals surface area contributed by atoms with Gasteiger partial charge in [0, 0.05) is 18.0 Å². The molecule has 0 saturated heterocycles. The van der Waals surface area contributed by atoms with E-state index in [2.05, 4.69) is 15.0 Å². The van der Waals surface area contributed by atoms with Gasteiger partial charge in [-0.2, -0.15) is 0 Å². The molecule has 2 rings (SSSR count). The summed E-state index contributed by atoms with van der Waals surface area (Å²) in [5.74, 6) is 0. The second kappa shape index (κ2) is 5.56. The first-order valence-corrected chi connectivity index (χ1v) is 3.35. The van der Waals surface area contributed by atoms with Crippen LogP contribution < -0.4 is 0 Å². The van der Waals surface area contributed by atoms with Crippen LogP contribution in [0.2, 0.25) is 0 Å². The predicted octanol–water partition coefficient (Wildman–Crippen LogP) is 2.32. The third-order valence-electron chi connectivity index (χ3n) is 1.49. The van der Waals surface area contributed by atoms with E-state index in [0.29, 0.717) is 0 Å². The molecular formula is C8H9Cl2N3. The summed E-state index contributed by atoms with van der Waals surface area (Å²) in [5.41, 5.74) is 2.13. The van der Waals surface area contributed by atoms with Crippen molar-refractivity contribution in [1.29, 1.82) is 0 Å². The Balaban J connectivity index is 0.000000720. The Hall–Kier alpha value is -1.06. The van der Waals surface area contributed by atoms with E-state index in [1.165, 1.54) is 0 Å². The zero-order valence-corrected chi connectivity index (χ0v) is 8.31. The number of nitrogens with one attached hydrogen (secondary N) is 1. The smallest absolute Gasteiger partial charge is 0.0924 e. The summed E-state index contributed by atoms with van der Waals surface area (Å²) in [6, 6.07) is 3.88. The topological polar surface area (TPSA) is 41.6 Å². The van der Waals surface area contributed by atoms with Gasteiger partial charge in [-0.1, -0.05) is 0 Å². The highest BCUT2D eigenvalue weighted by Crippen LogP contribution is 2.12. The molecule has 0 aliphatic carbocycles. The molecule has 0 unspecified atom stereocenters. The molecule has 0 aliphatic rings. The lowest BCUT2D eigenvalue weighted by molar-refractivity contribution is 1.30. The van der Waals surface area contributed by atoms with E-state index >= 15 is 0 Å². The summed E-state index contributed by atoms with van der Waals surface area (Å²) in [6.07, 6.45) is 6.97. The number of nitrogens with zero attached hydrogens (tertiary/aromatic N) is 2. The minimum Gasteiger partial charge on any atom is -0.345 e. The standard InChI is InChI=1S/C8H7N3.2ClH/c1-3-9-4-2-7(1)8-5-10-6-11-8;;/h1-6H,(H,10,11);2*1H. The van der Waals surface area contributed by atoms with Crippen molar-refractivity contribution in [2.24, 2.45) is 0 Å². The fourth-order valence-electron chi connectivity index (χ4n) is 0.945. The number of hydrogen-bond acceptors (Lipinski definition) is 2. The van der Waals surface area contributed by atoms with E-state index in [1.807, 2.05) is 12.1 Å². The number of hydrogen-bond donors (Lipinski definition) is 1. The molecule has 0 atom stereocenters. The lowest BCUT2D eigenvalue weighted by atomic mass is 10.2. The van der Waals surface area contributed by atoms with Crippen LogP contribution >= 0.6 is 24.8 Å².